The maximum absolute atomic E-state index is 11.0. The second-order valence-electron chi connectivity index (χ2n) is 4.85. The van der Waals surface area contributed by atoms with E-state index in [0.29, 0.717) is 5.56 Å². The lowest BCUT2D eigenvalue weighted by molar-refractivity contribution is 0.211. The van der Waals surface area contributed by atoms with Crippen molar-refractivity contribution in [3.05, 3.63) is 53.3 Å². The zero-order valence-electron chi connectivity index (χ0n) is 11.5. The predicted octanol–water partition coefficient (Wildman–Crippen LogP) is 1.60. The van der Waals surface area contributed by atoms with E-state index in [1.165, 1.54) is 24.3 Å². The Morgan fingerprint density at radius 3 is 2.41 bits per heavy atom. The molecule has 0 aromatic heterocycles. The Labute approximate surface area is 126 Å². The fourth-order valence-electron chi connectivity index (χ4n) is 2.20. The van der Waals surface area contributed by atoms with Gasteiger partial charge in [0.1, 0.15) is 11.5 Å². The van der Waals surface area contributed by atoms with Gasteiger partial charge in [-0.3, -0.25) is 0 Å². The van der Waals surface area contributed by atoms with Crippen molar-refractivity contribution >= 4 is 13.5 Å². The molecule has 1 atom stereocenters. The third-order valence-corrected chi connectivity index (χ3v) is 3.63. The van der Waals surface area contributed by atoms with E-state index in [1.807, 2.05) is 0 Å². The van der Waals surface area contributed by atoms with Crippen molar-refractivity contribution < 1.29 is 29.7 Å². The van der Waals surface area contributed by atoms with E-state index in [0.717, 1.165) is 0 Å². The van der Waals surface area contributed by atoms with Crippen molar-refractivity contribution in [1.29, 1.82) is 0 Å². The second kappa shape index (κ2) is 6.46. The van der Waals surface area contributed by atoms with Crippen LogP contribution in [0.15, 0.2) is 52.5 Å². The summed E-state index contributed by atoms with van der Waals surface area (Å²) in [4.78, 5) is 17.9. The van der Waals surface area contributed by atoms with Crippen molar-refractivity contribution in [2.24, 2.45) is 4.76 Å². The van der Waals surface area contributed by atoms with Gasteiger partial charge in [-0.25, -0.2) is 4.57 Å². The highest BCUT2D eigenvalue weighted by molar-refractivity contribution is 7.50. The van der Waals surface area contributed by atoms with Gasteiger partial charge in [0.25, 0.3) is 0 Å². The van der Waals surface area contributed by atoms with Crippen molar-refractivity contribution in [2.75, 3.05) is 0 Å². The number of aliphatic hydroxyl groups is 2. The third-order valence-electron chi connectivity index (χ3n) is 3.12. The first kappa shape index (κ1) is 16.5. The zero-order chi connectivity index (χ0) is 16.3. The summed E-state index contributed by atoms with van der Waals surface area (Å²) in [7, 11) is -4.66. The third kappa shape index (κ3) is 4.29. The number of hydrogen-bond donors (Lipinski definition) is 5. The van der Waals surface area contributed by atoms with Crippen molar-refractivity contribution in [2.45, 2.75) is 18.9 Å². The summed E-state index contributed by atoms with van der Waals surface area (Å²) < 4.78 is 14.3. The Morgan fingerprint density at radius 2 is 1.82 bits per heavy atom. The highest BCUT2D eigenvalue weighted by Gasteiger charge is 2.25. The van der Waals surface area contributed by atoms with Crippen LogP contribution in [-0.4, -0.2) is 36.9 Å². The van der Waals surface area contributed by atoms with Crippen molar-refractivity contribution in [1.82, 2.24) is 0 Å². The van der Waals surface area contributed by atoms with Gasteiger partial charge in [0.15, 0.2) is 0 Å². The van der Waals surface area contributed by atoms with Crippen LogP contribution in [0.4, 0.5) is 0 Å². The Balaban J connectivity index is 2.29. The maximum atomic E-state index is 11.0. The van der Waals surface area contributed by atoms with Gasteiger partial charge in [-0.05, 0) is 23.8 Å². The molecule has 0 heterocycles. The van der Waals surface area contributed by atoms with E-state index in [-0.39, 0.29) is 35.6 Å². The standard InChI is InChI=1S/C14H16NO6P/c16-10-6-4-9(5-7-10)8-13(18)14-11(15-22(19,20)21)2-1-3-12(14)17/h1,3-7,13,16-18H,2,8H2,(H2,19,20,21). The Kier molecular flexibility index (Phi) is 4.83. The summed E-state index contributed by atoms with van der Waals surface area (Å²) in [5.74, 6) is -0.186. The van der Waals surface area contributed by atoms with E-state index in [2.05, 4.69) is 4.76 Å². The smallest absolute Gasteiger partial charge is 0.448 e. The highest BCUT2D eigenvalue weighted by Crippen LogP contribution is 2.38. The number of allylic oxidation sites excluding steroid dienone is 2. The summed E-state index contributed by atoms with van der Waals surface area (Å²) in [6.07, 6.45) is 1.89. The van der Waals surface area contributed by atoms with Crippen LogP contribution in [0.1, 0.15) is 12.0 Å². The lowest BCUT2D eigenvalue weighted by atomic mass is 9.92. The lowest BCUT2D eigenvalue weighted by Crippen LogP contribution is -2.24. The molecule has 0 bridgehead atoms. The molecular formula is C14H16NO6P. The second-order valence-corrected chi connectivity index (χ2v) is 6.08. The van der Waals surface area contributed by atoms with Gasteiger partial charge in [0.05, 0.1) is 11.8 Å². The molecule has 2 rings (SSSR count). The average molecular weight is 325 g/mol. The lowest BCUT2D eigenvalue weighted by Gasteiger charge is -2.20. The highest BCUT2D eigenvalue weighted by atomic mass is 31.2. The monoisotopic (exact) mass is 325 g/mol. The minimum absolute atomic E-state index is 0.00102. The SMILES string of the molecule is O=P(O)(O)N=C1CC=CC(O)=C1C(O)Cc1ccc(O)cc1. The average Bonchev–Trinajstić information content (AvgIpc) is 2.39. The van der Waals surface area contributed by atoms with Crippen LogP contribution in [-0.2, 0) is 11.0 Å². The minimum Gasteiger partial charge on any atom is -0.508 e. The summed E-state index contributed by atoms with van der Waals surface area (Å²) in [5.41, 5.74) is 0.647. The Bertz CT molecular complexity index is 686. The molecule has 0 spiro atoms. The van der Waals surface area contributed by atoms with E-state index < -0.39 is 13.9 Å². The van der Waals surface area contributed by atoms with Crippen LogP contribution in [0.5, 0.6) is 5.75 Å². The summed E-state index contributed by atoms with van der Waals surface area (Å²) in [6, 6.07) is 6.13. The van der Waals surface area contributed by atoms with Gasteiger partial charge in [-0.15, -0.1) is 0 Å². The molecule has 1 aromatic rings. The molecule has 1 unspecified atom stereocenters. The van der Waals surface area contributed by atoms with Crippen LogP contribution < -0.4 is 0 Å². The number of phenols is 1. The molecule has 1 aromatic carbocycles. The molecular weight excluding hydrogens is 309 g/mol. The maximum Gasteiger partial charge on any atom is 0.448 e. The molecule has 7 nitrogen and oxygen atoms in total. The molecule has 0 aliphatic heterocycles. The molecule has 0 amide bonds. The van der Waals surface area contributed by atoms with Gasteiger partial charge in [0, 0.05) is 18.4 Å². The van der Waals surface area contributed by atoms with Crippen molar-refractivity contribution in [3.8, 4) is 5.75 Å². The topological polar surface area (TPSA) is 131 Å². The molecule has 0 radical (unpaired) electrons. The predicted molar refractivity (Wildman–Crippen MR) is 80.7 cm³/mol. The number of nitrogens with zero attached hydrogens (tertiary/aromatic N) is 1. The van der Waals surface area contributed by atoms with Gasteiger partial charge in [-0.2, -0.15) is 4.76 Å². The van der Waals surface area contributed by atoms with Crippen molar-refractivity contribution in [3.63, 3.8) is 0 Å². The molecule has 1 aliphatic carbocycles. The Morgan fingerprint density at radius 1 is 1.18 bits per heavy atom. The summed E-state index contributed by atoms with van der Waals surface area (Å²) in [6.45, 7) is 0. The van der Waals surface area contributed by atoms with Gasteiger partial charge in [0.2, 0.25) is 0 Å². The molecule has 1 aliphatic rings. The van der Waals surface area contributed by atoms with Crippen LogP contribution in [0, 0.1) is 0 Å². The number of aromatic hydroxyl groups is 1. The van der Waals surface area contributed by atoms with Crippen LogP contribution in [0.3, 0.4) is 0 Å². The first-order valence-electron chi connectivity index (χ1n) is 6.47. The number of aliphatic hydroxyl groups excluding tert-OH is 2. The summed E-state index contributed by atoms with van der Waals surface area (Å²) in [5, 5.41) is 29.4. The Hall–Kier alpha value is -1.92. The van der Waals surface area contributed by atoms with Crippen LogP contribution in [0.25, 0.3) is 0 Å². The zero-order valence-corrected chi connectivity index (χ0v) is 12.4. The normalized spacial score (nSPS) is 18.8. The fraction of sp³-hybridized carbons (Fsp3) is 0.214. The van der Waals surface area contributed by atoms with Crippen LogP contribution >= 0.6 is 7.75 Å². The fourth-order valence-corrected chi connectivity index (χ4v) is 2.71. The molecule has 0 saturated heterocycles. The van der Waals surface area contributed by atoms with Gasteiger partial charge in [-0.1, -0.05) is 18.2 Å². The molecule has 118 valence electrons. The minimum atomic E-state index is -4.66. The number of hydrogen-bond acceptors (Lipinski definition) is 4. The van der Waals surface area contributed by atoms with E-state index >= 15 is 0 Å². The van der Waals surface area contributed by atoms with E-state index in [1.54, 1.807) is 12.1 Å². The molecule has 5 N–H and O–H groups in total. The number of benzene rings is 1. The number of rotatable bonds is 4. The number of phenolic OH excluding ortho intramolecular Hbond substituents is 1. The molecule has 0 fully saturated rings. The van der Waals surface area contributed by atoms with Gasteiger partial charge >= 0.3 is 7.75 Å². The first-order chi connectivity index (χ1) is 10.3. The molecule has 8 heteroatoms. The summed E-state index contributed by atoms with van der Waals surface area (Å²) >= 11 is 0. The van der Waals surface area contributed by atoms with Crippen LogP contribution in [0.2, 0.25) is 0 Å². The van der Waals surface area contributed by atoms with Gasteiger partial charge < -0.3 is 25.1 Å². The first-order valence-corrected chi connectivity index (χ1v) is 8.03. The van der Waals surface area contributed by atoms with E-state index in [9.17, 15) is 19.9 Å². The largest absolute Gasteiger partial charge is 0.508 e. The molecule has 22 heavy (non-hydrogen) atoms. The molecule has 0 saturated carbocycles. The quantitative estimate of drug-likeness (QED) is 0.534. The van der Waals surface area contributed by atoms with E-state index in [4.69, 9.17) is 9.79 Å².